The molecular weight excluding hydrogens is 308 g/mol. The highest BCUT2D eigenvalue weighted by Crippen LogP contribution is 2.27. The summed E-state index contributed by atoms with van der Waals surface area (Å²) in [6.07, 6.45) is 6.24. The molecule has 1 unspecified atom stereocenters. The summed E-state index contributed by atoms with van der Waals surface area (Å²) in [6.45, 7) is 0. The van der Waals surface area contributed by atoms with Crippen LogP contribution >= 0.6 is 27.3 Å². The minimum absolute atomic E-state index is 0.401. The number of thiazole rings is 1. The maximum Gasteiger partial charge on any atom is 0.193 e. The van der Waals surface area contributed by atoms with E-state index in [1.165, 1.54) is 11.3 Å². The first-order chi connectivity index (χ1) is 8.83. The molecule has 92 valence electrons. The number of rotatable bonds is 4. The van der Waals surface area contributed by atoms with Gasteiger partial charge >= 0.3 is 0 Å². The summed E-state index contributed by atoms with van der Waals surface area (Å²) in [6, 6.07) is 10.5. The Kier molecular flexibility index (Phi) is 3.48. The Morgan fingerprint density at radius 2 is 2.11 bits per heavy atom. The molecule has 0 radical (unpaired) electrons. The summed E-state index contributed by atoms with van der Waals surface area (Å²) in [5.41, 5.74) is 2.50. The highest BCUT2D eigenvalue weighted by molar-refractivity contribution is 9.09. The van der Waals surface area contributed by atoms with Crippen molar-refractivity contribution < 1.29 is 0 Å². The van der Waals surface area contributed by atoms with Crippen molar-refractivity contribution in [1.29, 1.82) is 0 Å². The summed E-state index contributed by atoms with van der Waals surface area (Å²) in [4.78, 5) is 6.08. The zero-order valence-electron chi connectivity index (χ0n) is 9.79. The van der Waals surface area contributed by atoms with Gasteiger partial charge in [0.25, 0.3) is 0 Å². The van der Waals surface area contributed by atoms with E-state index in [0.717, 1.165) is 17.8 Å². The molecular formula is C14H13BrN2S. The van der Waals surface area contributed by atoms with Crippen LogP contribution in [0, 0.1) is 0 Å². The van der Waals surface area contributed by atoms with E-state index >= 15 is 0 Å². The molecule has 0 aliphatic carbocycles. The third-order valence-electron chi connectivity index (χ3n) is 2.96. The molecule has 3 rings (SSSR count). The van der Waals surface area contributed by atoms with Gasteiger partial charge < -0.3 is 0 Å². The van der Waals surface area contributed by atoms with Crippen molar-refractivity contribution in [2.24, 2.45) is 0 Å². The number of alkyl halides is 1. The molecule has 0 saturated carbocycles. The van der Waals surface area contributed by atoms with Crippen molar-refractivity contribution in [1.82, 2.24) is 9.38 Å². The van der Waals surface area contributed by atoms with Gasteiger partial charge in [-0.2, -0.15) is 0 Å². The average molecular weight is 321 g/mol. The minimum Gasteiger partial charge on any atom is -0.297 e. The topological polar surface area (TPSA) is 17.3 Å². The van der Waals surface area contributed by atoms with Crippen LogP contribution in [0.2, 0.25) is 0 Å². The summed E-state index contributed by atoms with van der Waals surface area (Å²) in [7, 11) is 0. The van der Waals surface area contributed by atoms with Crippen molar-refractivity contribution >= 4 is 32.2 Å². The van der Waals surface area contributed by atoms with Gasteiger partial charge in [-0.15, -0.1) is 11.3 Å². The van der Waals surface area contributed by atoms with Gasteiger partial charge in [-0.05, 0) is 18.4 Å². The molecule has 0 aliphatic heterocycles. The first kappa shape index (κ1) is 11.9. The van der Waals surface area contributed by atoms with Gasteiger partial charge in [-0.1, -0.05) is 46.3 Å². The average Bonchev–Trinajstić information content (AvgIpc) is 2.97. The number of halogens is 1. The largest absolute Gasteiger partial charge is 0.297 e. The van der Waals surface area contributed by atoms with Gasteiger partial charge in [-0.25, -0.2) is 4.98 Å². The lowest BCUT2D eigenvalue weighted by molar-refractivity contribution is 0.798. The Labute approximate surface area is 118 Å². The number of nitrogens with zero attached hydrogens (tertiary/aromatic N) is 2. The number of hydrogen-bond acceptors (Lipinski definition) is 2. The first-order valence-electron chi connectivity index (χ1n) is 5.93. The predicted octanol–water partition coefficient (Wildman–Crippen LogP) is 4.46. The standard InChI is InChI=1S/C14H13BrN2S/c15-13(11-4-2-1-3-5-11)7-6-12-10-17-8-9-18-14(17)16-12/h1-5,8-10,13H,6-7H2. The zero-order valence-corrected chi connectivity index (χ0v) is 12.2. The molecule has 0 amide bonds. The van der Waals surface area contributed by atoms with Crippen molar-refractivity contribution in [3.63, 3.8) is 0 Å². The lowest BCUT2D eigenvalue weighted by atomic mass is 10.1. The van der Waals surface area contributed by atoms with Gasteiger partial charge in [0.2, 0.25) is 0 Å². The van der Waals surface area contributed by atoms with Crippen molar-refractivity contribution in [3.8, 4) is 0 Å². The molecule has 0 spiro atoms. The van der Waals surface area contributed by atoms with Crippen LogP contribution in [0.3, 0.4) is 0 Å². The van der Waals surface area contributed by atoms with E-state index in [2.05, 4.69) is 67.4 Å². The first-order valence-corrected chi connectivity index (χ1v) is 7.72. The summed E-state index contributed by atoms with van der Waals surface area (Å²) < 4.78 is 2.09. The van der Waals surface area contributed by atoms with E-state index in [9.17, 15) is 0 Å². The number of fused-ring (bicyclic) bond motifs is 1. The Morgan fingerprint density at radius 3 is 2.89 bits per heavy atom. The second-order valence-corrected chi connectivity index (χ2v) is 6.22. The molecule has 2 heterocycles. The Balaban J connectivity index is 1.66. The Morgan fingerprint density at radius 1 is 1.28 bits per heavy atom. The molecule has 1 aromatic carbocycles. The zero-order chi connectivity index (χ0) is 12.4. The van der Waals surface area contributed by atoms with Gasteiger partial charge in [0, 0.05) is 22.6 Å². The lowest BCUT2D eigenvalue weighted by Crippen LogP contribution is -1.93. The molecule has 18 heavy (non-hydrogen) atoms. The molecule has 3 aromatic rings. The molecule has 1 atom stereocenters. The van der Waals surface area contributed by atoms with Gasteiger partial charge in [0.15, 0.2) is 4.96 Å². The van der Waals surface area contributed by atoms with E-state index in [1.807, 2.05) is 6.07 Å². The lowest BCUT2D eigenvalue weighted by Gasteiger charge is -2.08. The van der Waals surface area contributed by atoms with E-state index in [0.29, 0.717) is 4.83 Å². The van der Waals surface area contributed by atoms with Crippen LogP contribution in [-0.4, -0.2) is 9.38 Å². The fourth-order valence-electron chi connectivity index (χ4n) is 2.00. The molecule has 0 fully saturated rings. The fraction of sp³-hybridized carbons (Fsp3) is 0.214. The summed E-state index contributed by atoms with van der Waals surface area (Å²) in [5.74, 6) is 0. The normalized spacial score (nSPS) is 12.9. The molecule has 0 saturated heterocycles. The molecule has 0 N–H and O–H groups in total. The second-order valence-electron chi connectivity index (χ2n) is 4.24. The number of benzene rings is 1. The van der Waals surface area contributed by atoms with E-state index in [4.69, 9.17) is 0 Å². The van der Waals surface area contributed by atoms with Crippen LogP contribution in [0.1, 0.15) is 22.5 Å². The predicted molar refractivity (Wildman–Crippen MR) is 79.5 cm³/mol. The number of imidazole rings is 1. The quantitative estimate of drug-likeness (QED) is 0.648. The molecule has 0 bridgehead atoms. The maximum absolute atomic E-state index is 4.60. The highest BCUT2D eigenvalue weighted by Gasteiger charge is 2.09. The van der Waals surface area contributed by atoms with E-state index in [1.54, 1.807) is 11.3 Å². The fourth-order valence-corrected chi connectivity index (χ4v) is 3.25. The van der Waals surface area contributed by atoms with Crippen LogP contribution in [0.25, 0.3) is 4.96 Å². The van der Waals surface area contributed by atoms with E-state index < -0.39 is 0 Å². The van der Waals surface area contributed by atoms with Crippen molar-refractivity contribution in [3.05, 3.63) is 59.4 Å². The van der Waals surface area contributed by atoms with Crippen LogP contribution in [-0.2, 0) is 6.42 Å². The number of aromatic nitrogens is 2. The monoisotopic (exact) mass is 320 g/mol. The molecule has 2 aromatic heterocycles. The molecule has 2 nitrogen and oxygen atoms in total. The summed E-state index contributed by atoms with van der Waals surface area (Å²) >= 11 is 5.42. The van der Waals surface area contributed by atoms with Gasteiger partial charge in [0.1, 0.15) is 0 Å². The maximum atomic E-state index is 4.60. The molecule has 4 heteroatoms. The Hall–Kier alpha value is -1.13. The second kappa shape index (κ2) is 5.24. The smallest absolute Gasteiger partial charge is 0.193 e. The van der Waals surface area contributed by atoms with Gasteiger partial charge in [-0.3, -0.25) is 4.40 Å². The number of aryl methyl sites for hydroxylation is 1. The van der Waals surface area contributed by atoms with Crippen LogP contribution in [0.4, 0.5) is 0 Å². The van der Waals surface area contributed by atoms with Crippen LogP contribution < -0.4 is 0 Å². The van der Waals surface area contributed by atoms with Crippen LogP contribution in [0.5, 0.6) is 0 Å². The third kappa shape index (κ3) is 2.49. The molecule has 0 aliphatic rings. The summed E-state index contributed by atoms with van der Waals surface area (Å²) in [5, 5.41) is 2.06. The van der Waals surface area contributed by atoms with Crippen molar-refractivity contribution in [2.45, 2.75) is 17.7 Å². The van der Waals surface area contributed by atoms with Crippen molar-refractivity contribution in [2.75, 3.05) is 0 Å². The minimum atomic E-state index is 0.401. The third-order valence-corrected chi connectivity index (χ3v) is 4.72. The Bertz CT molecular complexity index is 601. The van der Waals surface area contributed by atoms with Crippen LogP contribution in [0.15, 0.2) is 48.1 Å². The van der Waals surface area contributed by atoms with Gasteiger partial charge in [0.05, 0.1) is 5.69 Å². The van der Waals surface area contributed by atoms with E-state index in [-0.39, 0.29) is 0 Å². The highest BCUT2D eigenvalue weighted by atomic mass is 79.9. The SMILES string of the molecule is BrC(CCc1cn2ccsc2n1)c1ccccc1. The number of hydrogen-bond donors (Lipinski definition) is 0.